The van der Waals surface area contributed by atoms with Crippen LogP contribution in [0.15, 0.2) is 24.3 Å². The number of rotatable bonds is 6. The lowest BCUT2D eigenvalue weighted by molar-refractivity contribution is 0.230. The van der Waals surface area contributed by atoms with Crippen molar-refractivity contribution >= 4 is 0 Å². The number of benzene rings is 1. The fourth-order valence-electron chi connectivity index (χ4n) is 2.60. The van der Waals surface area contributed by atoms with Gasteiger partial charge in [0, 0.05) is 6.04 Å². The second-order valence-corrected chi connectivity index (χ2v) is 7.85. The summed E-state index contributed by atoms with van der Waals surface area (Å²) in [5.41, 5.74) is 3.28. The topological polar surface area (TPSA) is 12.0 Å². The molecule has 1 aromatic rings. The van der Waals surface area contributed by atoms with Crippen LogP contribution in [0.2, 0.25) is 0 Å². The van der Waals surface area contributed by atoms with Crippen LogP contribution in [-0.2, 0) is 6.42 Å². The van der Waals surface area contributed by atoms with E-state index in [0.29, 0.717) is 17.3 Å². The first-order valence-electron chi connectivity index (χ1n) is 8.18. The van der Waals surface area contributed by atoms with Crippen molar-refractivity contribution in [3.05, 3.63) is 35.4 Å². The standard InChI is InChI=1S/C19H31N/c1-14(2)16-8-6-15(7-9-16)12-17(19(3,4)5)13-20-18-10-11-18/h6-9,14,17-18,20H,10-13H2,1-5H3. The summed E-state index contributed by atoms with van der Waals surface area (Å²) in [5.74, 6) is 1.33. The normalized spacial score (nSPS) is 17.5. The molecule has 1 aromatic carbocycles. The van der Waals surface area contributed by atoms with E-state index in [0.717, 1.165) is 12.6 Å². The summed E-state index contributed by atoms with van der Waals surface area (Å²) in [6.45, 7) is 12.8. The van der Waals surface area contributed by atoms with Gasteiger partial charge in [-0.05, 0) is 54.2 Å². The number of hydrogen-bond donors (Lipinski definition) is 1. The van der Waals surface area contributed by atoms with Crippen molar-refractivity contribution in [2.75, 3.05) is 6.54 Å². The van der Waals surface area contributed by atoms with Gasteiger partial charge in [0.15, 0.2) is 0 Å². The Bertz CT molecular complexity index is 406. The molecule has 20 heavy (non-hydrogen) atoms. The van der Waals surface area contributed by atoms with Gasteiger partial charge in [-0.2, -0.15) is 0 Å². The van der Waals surface area contributed by atoms with Crippen LogP contribution in [0.3, 0.4) is 0 Å². The SMILES string of the molecule is CC(C)c1ccc(CC(CNC2CC2)C(C)(C)C)cc1. The molecule has 2 rings (SSSR count). The largest absolute Gasteiger partial charge is 0.314 e. The molecule has 1 heteroatoms. The number of nitrogens with one attached hydrogen (secondary N) is 1. The van der Waals surface area contributed by atoms with Crippen molar-refractivity contribution in [2.45, 2.75) is 65.8 Å². The van der Waals surface area contributed by atoms with Crippen molar-refractivity contribution in [2.24, 2.45) is 11.3 Å². The monoisotopic (exact) mass is 273 g/mol. The molecule has 0 amide bonds. The zero-order valence-electron chi connectivity index (χ0n) is 13.9. The van der Waals surface area contributed by atoms with Crippen LogP contribution in [0, 0.1) is 11.3 Å². The van der Waals surface area contributed by atoms with Crippen LogP contribution in [0.4, 0.5) is 0 Å². The van der Waals surface area contributed by atoms with Crippen LogP contribution < -0.4 is 5.32 Å². The molecule has 1 fully saturated rings. The third-order valence-electron chi connectivity index (χ3n) is 4.58. The molecule has 0 bridgehead atoms. The summed E-state index contributed by atoms with van der Waals surface area (Å²) >= 11 is 0. The lowest BCUT2D eigenvalue weighted by atomic mass is 9.77. The molecular formula is C19H31N. The first-order chi connectivity index (χ1) is 9.36. The second kappa shape index (κ2) is 6.30. The predicted molar refractivity (Wildman–Crippen MR) is 88.2 cm³/mol. The fourth-order valence-corrected chi connectivity index (χ4v) is 2.60. The summed E-state index contributed by atoms with van der Waals surface area (Å²) in [6, 6.07) is 10.1. The zero-order valence-corrected chi connectivity index (χ0v) is 13.9. The highest BCUT2D eigenvalue weighted by molar-refractivity contribution is 5.25. The molecule has 112 valence electrons. The maximum Gasteiger partial charge on any atom is 0.00683 e. The Balaban J connectivity index is 1.98. The van der Waals surface area contributed by atoms with Gasteiger partial charge in [-0.25, -0.2) is 0 Å². The average Bonchev–Trinajstić information content (AvgIpc) is 3.17. The lowest BCUT2D eigenvalue weighted by Crippen LogP contribution is -2.34. The van der Waals surface area contributed by atoms with Gasteiger partial charge in [-0.15, -0.1) is 0 Å². The third-order valence-corrected chi connectivity index (χ3v) is 4.58. The van der Waals surface area contributed by atoms with Crippen LogP contribution in [0.1, 0.15) is 64.5 Å². The fraction of sp³-hybridized carbons (Fsp3) is 0.684. The summed E-state index contributed by atoms with van der Waals surface area (Å²) in [7, 11) is 0. The summed E-state index contributed by atoms with van der Waals surface area (Å²) < 4.78 is 0. The highest BCUT2D eigenvalue weighted by Crippen LogP contribution is 2.30. The van der Waals surface area contributed by atoms with E-state index in [1.165, 1.54) is 30.4 Å². The van der Waals surface area contributed by atoms with Crippen molar-refractivity contribution in [3.8, 4) is 0 Å². The average molecular weight is 273 g/mol. The van der Waals surface area contributed by atoms with E-state index in [4.69, 9.17) is 0 Å². The minimum atomic E-state index is 0.360. The van der Waals surface area contributed by atoms with Crippen molar-refractivity contribution in [1.82, 2.24) is 5.32 Å². The Morgan fingerprint density at radius 3 is 2.15 bits per heavy atom. The van der Waals surface area contributed by atoms with Crippen LogP contribution in [-0.4, -0.2) is 12.6 Å². The summed E-state index contributed by atoms with van der Waals surface area (Å²) in [4.78, 5) is 0. The van der Waals surface area contributed by atoms with E-state index in [1.807, 2.05) is 0 Å². The molecule has 0 heterocycles. The lowest BCUT2D eigenvalue weighted by Gasteiger charge is -2.31. The highest BCUT2D eigenvalue weighted by atomic mass is 14.9. The van der Waals surface area contributed by atoms with Crippen molar-refractivity contribution in [3.63, 3.8) is 0 Å². The predicted octanol–water partition coefficient (Wildman–Crippen LogP) is 4.77. The van der Waals surface area contributed by atoms with Gasteiger partial charge in [0.1, 0.15) is 0 Å². The third kappa shape index (κ3) is 4.63. The summed E-state index contributed by atoms with van der Waals surface area (Å²) in [5, 5.41) is 3.71. The van der Waals surface area contributed by atoms with Crippen LogP contribution in [0.25, 0.3) is 0 Å². The molecule has 0 radical (unpaired) electrons. The molecule has 0 saturated heterocycles. The van der Waals surface area contributed by atoms with E-state index < -0.39 is 0 Å². The molecule has 1 unspecified atom stereocenters. The number of hydrogen-bond acceptors (Lipinski definition) is 1. The van der Waals surface area contributed by atoms with E-state index in [2.05, 4.69) is 64.2 Å². The maximum absolute atomic E-state index is 3.71. The van der Waals surface area contributed by atoms with Gasteiger partial charge in [0.05, 0.1) is 0 Å². The molecule has 1 saturated carbocycles. The van der Waals surface area contributed by atoms with Crippen molar-refractivity contribution in [1.29, 1.82) is 0 Å². The molecule has 1 nitrogen and oxygen atoms in total. The molecule has 1 N–H and O–H groups in total. The zero-order chi connectivity index (χ0) is 14.8. The van der Waals surface area contributed by atoms with Gasteiger partial charge in [-0.1, -0.05) is 58.9 Å². The Kier molecular flexibility index (Phi) is 4.90. The van der Waals surface area contributed by atoms with Gasteiger partial charge in [-0.3, -0.25) is 0 Å². The van der Waals surface area contributed by atoms with Crippen molar-refractivity contribution < 1.29 is 0 Å². The van der Waals surface area contributed by atoms with E-state index >= 15 is 0 Å². The minimum absolute atomic E-state index is 0.360. The Labute approximate surface area is 125 Å². The maximum atomic E-state index is 3.71. The molecule has 1 aliphatic carbocycles. The molecule has 0 aliphatic heterocycles. The van der Waals surface area contributed by atoms with E-state index in [1.54, 1.807) is 0 Å². The first kappa shape index (κ1) is 15.6. The molecule has 0 aromatic heterocycles. The Morgan fingerprint density at radius 2 is 1.70 bits per heavy atom. The molecular weight excluding hydrogens is 242 g/mol. The minimum Gasteiger partial charge on any atom is -0.314 e. The Morgan fingerprint density at radius 1 is 1.10 bits per heavy atom. The van der Waals surface area contributed by atoms with E-state index in [9.17, 15) is 0 Å². The smallest absolute Gasteiger partial charge is 0.00683 e. The quantitative estimate of drug-likeness (QED) is 0.787. The highest BCUT2D eigenvalue weighted by Gasteiger charge is 2.28. The van der Waals surface area contributed by atoms with E-state index in [-0.39, 0.29) is 0 Å². The molecule has 1 aliphatic rings. The Hall–Kier alpha value is -0.820. The van der Waals surface area contributed by atoms with Gasteiger partial charge < -0.3 is 5.32 Å². The van der Waals surface area contributed by atoms with Gasteiger partial charge >= 0.3 is 0 Å². The second-order valence-electron chi connectivity index (χ2n) is 7.85. The molecule has 1 atom stereocenters. The first-order valence-corrected chi connectivity index (χ1v) is 8.18. The van der Waals surface area contributed by atoms with Gasteiger partial charge in [0.2, 0.25) is 0 Å². The van der Waals surface area contributed by atoms with Gasteiger partial charge in [0.25, 0.3) is 0 Å². The van der Waals surface area contributed by atoms with Crippen LogP contribution >= 0.6 is 0 Å². The van der Waals surface area contributed by atoms with Crippen LogP contribution in [0.5, 0.6) is 0 Å². The summed E-state index contributed by atoms with van der Waals surface area (Å²) in [6.07, 6.45) is 3.93. The molecule has 0 spiro atoms.